The molecule has 5 heteroatoms. The molecule has 1 aromatic carbocycles. The van der Waals surface area contributed by atoms with E-state index in [2.05, 4.69) is 0 Å². The molecule has 0 spiro atoms. The fourth-order valence-electron chi connectivity index (χ4n) is 1.36. The van der Waals surface area contributed by atoms with Crippen LogP contribution in [0.3, 0.4) is 0 Å². The third-order valence-electron chi connectivity index (χ3n) is 2.20. The van der Waals surface area contributed by atoms with Crippen LogP contribution in [0.1, 0.15) is 18.1 Å². The number of nitriles is 1. The lowest BCUT2D eigenvalue weighted by Gasteiger charge is -2.18. The Morgan fingerprint density at radius 1 is 1.44 bits per heavy atom. The molecule has 0 aromatic heterocycles. The number of methoxy groups -OCH3 is 1. The quantitative estimate of drug-likeness (QED) is 0.698. The summed E-state index contributed by atoms with van der Waals surface area (Å²) in [4.78, 5) is 0. The first-order valence-corrected chi connectivity index (χ1v) is 4.70. The predicted molar refractivity (Wildman–Crippen MR) is 55.9 cm³/mol. The van der Waals surface area contributed by atoms with Gasteiger partial charge in [0.05, 0.1) is 25.7 Å². The predicted octanol–water partition coefficient (Wildman–Crippen LogP) is 0.709. The highest BCUT2D eigenvalue weighted by Crippen LogP contribution is 2.31. The van der Waals surface area contributed by atoms with Crippen LogP contribution in [0.2, 0.25) is 0 Å². The monoisotopic (exact) mass is 223 g/mol. The maximum Gasteiger partial charge on any atom is 0.128 e. The Labute approximate surface area is 93.1 Å². The highest BCUT2D eigenvalue weighted by molar-refractivity contribution is 5.41. The molecule has 0 heterocycles. The van der Waals surface area contributed by atoms with Crippen molar-refractivity contribution in [2.75, 3.05) is 7.11 Å². The largest absolute Gasteiger partial charge is 0.508 e. The summed E-state index contributed by atoms with van der Waals surface area (Å²) in [6, 6.07) is 5.92. The van der Waals surface area contributed by atoms with Crippen LogP contribution < -0.4 is 4.74 Å². The first-order chi connectivity index (χ1) is 7.60. The van der Waals surface area contributed by atoms with Crippen LogP contribution in [0.25, 0.3) is 0 Å². The number of hydrogen-bond acceptors (Lipinski definition) is 5. The second-order valence-corrected chi connectivity index (χ2v) is 3.30. The molecule has 0 aliphatic heterocycles. The average Bonchev–Trinajstić information content (AvgIpc) is 2.28. The summed E-state index contributed by atoms with van der Waals surface area (Å²) >= 11 is 0. The van der Waals surface area contributed by atoms with Crippen LogP contribution in [0.15, 0.2) is 18.2 Å². The molecule has 0 aliphatic rings. The van der Waals surface area contributed by atoms with Gasteiger partial charge in [0.15, 0.2) is 0 Å². The molecule has 0 amide bonds. The number of nitrogens with zero attached hydrogens (tertiary/aromatic N) is 1. The van der Waals surface area contributed by atoms with Crippen molar-refractivity contribution in [1.82, 2.24) is 0 Å². The number of aliphatic hydroxyl groups is 2. The van der Waals surface area contributed by atoms with Crippen molar-refractivity contribution in [3.8, 4) is 17.6 Å². The Morgan fingerprint density at radius 3 is 2.69 bits per heavy atom. The molecule has 16 heavy (non-hydrogen) atoms. The Kier molecular flexibility index (Phi) is 4.11. The molecular formula is C11H13NO4. The van der Waals surface area contributed by atoms with E-state index in [1.54, 1.807) is 6.07 Å². The van der Waals surface area contributed by atoms with Crippen molar-refractivity contribution in [2.24, 2.45) is 0 Å². The number of hydrogen-bond donors (Lipinski definition) is 3. The van der Waals surface area contributed by atoms with Crippen LogP contribution in [-0.2, 0) is 0 Å². The number of aromatic hydroxyl groups is 1. The Morgan fingerprint density at radius 2 is 2.12 bits per heavy atom. The minimum absolute atomic E-state index is 0.00238. The molecule has 2 atom stereocenters. The van der Waals surface area contributed by atoms with Crippen LogP contribution in [-0.4, -0.2) is 28.5 Å². The Balaban J connectivity index is 2.99. The van der Waals surface area contributed by atoms with E-state index in [1.807, 2.05) is 0 Å². The van der Waals surface area contributed by atoms with Crippen molar-refractivity contribution in [3.63, 3.8) is 0 Å². The van der Waals surface area contributed by atoms with Crippen molar-refractivity contribution in [1.29, 1.82) is 5.26 Å². The number of ether oxygens (including phenoxy) is 1. The molecule has 5 nitrogen and oxygen atoms in total. The maximum atomic E-state index is 9.76. The van der Waals surface area contributed by atoms with Crippen LogP contribution in [0.5, 0.6) is 11.5 Å². The molecule has 1 rings (SSSR count). The summed E-state index contributed by atoms with van der Waals surface area (Å²) in [7, 11) is 1.39. The van der Waals surface area contributed by atoms with Gasteiger partial charge in [-0.15, -0.1) is 0 Å². The maximum absolute atomic E-state index is 9.76. The van der Waals surface area contributed by atoms with E-state index < -0.39 is 12.2 Å². The zero-order valence-electron chi connectivity index (χ0n) is 8.79. The summed E-state index contributed by atoms with van der Waals surface area (Å²) in [5.74, 6) is 0.270. The van der Waals surface area contributed by atoms with E-state index in [4.69, 9.17) is 10.00 Å². The molecule has 0 radical (unpaired) electrons. The fraction of sp³-hybridized carbons (Fsp3) is 0.364. The first-order valence-electron chi connectivity index (χ1n) is 4.70. The lowest BCUT2D eigenvalue weighted by atomic mass is 10.0. The number of phenolic OH excluding ortho intramolecular Hbond substituents is 1. The smallest absolute Gasteiger partial charge is 0.128 e. The molecule has 0 saturated carbocycles. The standard InChI is InChI=1S/C11H13NO4/c1-16-10-6-7(13)2-3-8(10)11(15)9(14)4-5-12/h2-3,6,9,11,13-15H,4H2,1H3. The number of benzene rings is 1. The number of phenols is 1. The number of aliphatic hydroxyl groups excluding tert-OH is 2. The van der Waals surface area contributed by atoms with Gasteiger partial charge in [0.25, 0.3) is 0 Å². The molecule has 1 aromatic rings. The van der Waals surface area contributed by atoms with Crippen molar-refractivity contribution in [3.05, 3.63) is 23.8 Å². The van der Waals surface area contributed by atoms with Crippen molar-refractivity contribution in [2.45, 2.75) is 18.6 Å². The van der Waals surface area contributed by atoms with Gasteiger partial charge < -0.3 is 20.1 Å². The van der Waals surface area contributed by atoms with Gasteiger partial charge in [-0.05, 0) is 12.1 Å². The van der Waals surface area contributed by atoms with Gasteiger partial charge in [-0.2, -0.15) is 5.26 Å². The van der Waals surface area contributed by atoms with E-state index in [0.717, 1.165) is 0 Å². The zero-order valence-corrected chi connectivity index (χ0v) is 8.79. The SMILES string of the molecule is COc1cc(O)ccc1C(O)C(O)CC#N. The second kappa shape index (κ2) is 5.35. The Hall–Kier alpha value is -1.77. The zero-order chi connectivity index (χ0) is 12.1. The summed E-state index contributed by atoms with van der Waals surface area (Å²) in [5.41, 5.74) is 0.336. The summed E-state index contributed by atoms with van der Waals surface area (Å²) < 4.78 is 4.96. The normalized spacial score (nSPS) is 13.9. The van der Waals surface area contributed by atoms with Gasteiger partial charge in [0.2, 0.25) is 0 Å². The fourth-order valence-corrected chi connectivity index (χ4v) is 1.36. The minimum atomic E-state index is -1.21. The van der Waals surface area contributed by atoms with Gasteiger partial charge in [0, 0.05) is 11.6 Å². The van der Waals surface area contributed by atoms with E-state index >= 15 is 0 Å². The van der Waals surface area contributed by atoms with Gasteiger partial charge in [-0.25, -0.2) is 0 Å². The third kappa shape index (κ3) is 2.63. The average molecular weight is 223 g/mol. The third-order valence-corrected chi connectivity index (χ3v) is 2.20. The van der Waals surface area contributed by atoms with Crippen molar-refractivity contribution >= 4 is 0 Å². The second-order valence-electron chi connectivity index (χ2n) is 3.30. The number of rotatable bonds is 4. The van der Waals surface area contributed by atoms with Gasteiger partial charge in [0.1, 0.15) is 17.6 Å². The molecule has 0 fully saturated rings. The summed E-state index contributed by atoms with van der Waals surface area (Å²) in [5, 5.41) is 36.9. The van der Waals surface area contributed by atoms with Gasteiger partial charge >= 0.3 is 0 Å². The lowest BCUT2D eigenvalue weighted by molar-refractivity contribution is 0.0202. The molecular weight excluding hydrogens is 210 g/mol. The van der Waals surface area contributed by atoms with Gasteiger partial charge in [-0.3, -0.25) is 0 Å². The Bertz CT molecular complexity index is 399. The van der Waals surface area contributed by atoms with E-state index in [1.165, 1.54) is 25.3 Å². The highest BCUT2D eigenvalue weighted by atomic mass is 16.5. The van der Waals surface area contributed by atoms with Gasteiger partial charge in [-0.1, -0.05) is 0 Å². The molecule has 3 N–H and O–H groups in total. The van der Waals surface area contributed by atoms with E-state index in [9.17, 15) is 15.3 Å². The van der Waals surface area contributed by atoms with Crippen LogP contribution >= 0.6 is 0 Å². The van der Waals surface area contributed by atoms with E-state index in [-0.39, 0.29) is 17.9 Å². The lowest BCUT2D eigenvalue weighted by Crippen LogP contribution is -2.18. The summed E-state index contributed by atoms with van der Waals surface area (Å²) in [6.07, 6.45) is -2.57. The molecule has 2 unspecified atom stereocenters. The minimum Gasteiger partial charge on any atom is -0.508 e. The molecule has 0 saturated heterocycles. The molecule has 0 aliphatic carbocycles. The first kappa shape index (κ1) is 12.3. The molecule has 0 bridgehead atoms. The van der Waals surface area contributed by atoms with E-state index in [0.29, 0.717) is 5.56 Å². The van der Waals surface area contributed by atoms with Crippen LogP contribution in [0, 0.1) is 11.3 Å². The summed E-state index contributed by atoms with van der Waals surface area (Å²) in [6.45, 7) is 0. The van der Waals surface area contributed by atoms with Crippen LogP contribution in [0.4, 0.5) is 0 Å². The molecule has 86 valence electrons. The van der Waals surface area contributed by atoms with Crippen molar-refractivity contribution < 1.29 is 20.1 Å². The topological polar surface area (TPSA) is 93.7 Å². The highest BCUT2D eigenvalue weighted by Gasteiger charge is 2.21.